The highest BCUT2D eigenvalue weighted by atomic mass is 32.2. The lowest BCUT2D eigenvalue weighted by molar-refractivity contribution is -0.133. The molecule has 1 aliphatic heterocycles. The zero-order chi connectivity index (χ0) is 21.0. The Kier molecular flexibility index (Phi) is 6.44. The van der Waals surface area contributed by atoms with E-state index in [1.165, 1.54) is 4.31 Å². The number of carbonyl (C=O) groups is 1. The molecule has 2 aromatic rings. The molecule has 29 heavy (non-hydrogen) atoms. The molecule has 7 nitrogen and oxygen atoms in total. The van der Waals surface area contributed by atoms with Gasteiger partial charge in [-0.3, -0.25) is 9.10 Å². The van der Waals surface area contributed by atoms with Gasteiger partial charge in [-0.1, -0.05) is 18.2 Å². The van der Waals surface area contributed by atoms with E-state index >= 15 is 0 Å². The molecule has 1 saturated heterocycles. The van der Waals surface area contributed by atoms with E-state index in [0.717, 1.165) is 19.3 Å². The smallest absolute Gasteiger partial charge is 0.246 e. The number of hydrogen-bond donors (Lipinski definition) is 0. The van der Waals surface area contributed by atoms with Crippen LogP contribution in [0.25, 0.3) is 0 Å². The van der Waals surface area contributed by atoms with E-state index in [2.05, 4.69) is 4.90 Å². The highest BCUT2D eigenvalue weighted by Crippen LogP contribution is 2.27. The van der Waals surface area contributed by atoms with Gasteiger partial charge in [0.1, 0.15) is 17.5 Å². The quantitative estimate of drug-likeness (QED) is 0.722. The van der Waals surface area contributed by atoms with Crippen LogP contribution in [0.4, 0.5) is 5.69 Å². The Bertz CT molecular complexity index is 924. The first-order valence-electron chi connectivity index (χ1n) is 9.55. The minimum Gasteiger partial charge on any atom is -0.457 e. The first-order valence-corrected chi connectivity index (χ1v) is 11.4. The van der Waals surface area contributed by atoms with Crippen molar-refractivity contribution in [2.45, 2.75) is 13.0 Å². The van der Waals surface area contributed by atoms with E-state index in [1.807, 2.05) is 37.4 Å². The number of ether oxygens (including phenoxy) is 1. The monoisotopic (exact) mass is 417 g/mol. The molecule has 8 heteroatoms. The van der Waals surface area contributed by atoms with Crippen LogP contribution in [0.15, 0.2) is 54.6 Å². The molecule has 0 saturated carbocycles. The topological polar surface area (TPSA) is 70.2 Å². The van der Waals surface area contributed by atoms with Crippen LogP contribution in [0.2, 0.25) is 0 Å². The molecular formula is C21H27N3O4S. The van der Waals surface area contributed by atoms with Crippen LogP contribution < -0.4 is 9.04 Å². The summed E-state index contributed by atoms with van der Waals surface area (Å²) < 4.78 is 32.0. The standard InChI is InChI=1S/C21H27N3O4S/c1-17(21(25)23-15-13-22(2)14-16-23)24(29(3,26)27)18-9-11-20(12-10-18)28-19-7-5-4-6-8-19/h4-12,17H,13-16H2,1-3H3. The summed E-state index contributed by atoms with van der Waals surface area (Å²) >= 11 is 0. The Morgan fingerprint density at radius 3 is 2.07 bits per heavy atom. The lowest BCUT2D eigenvalue weighted by atomic mass is 10.2. The van der Waals surface area contributed by atoms with E-state index in [1.54, 1.807) is 36.1 Å². The molecule has 1 heterocycles. The van der Waals surface area contributed by atoms with Crippen molar-refractivity contribution in [1.29, 1.82) is 0 Å². The highest BCUT2D eigenvalue weighted by Gasteiger charge is 2.33. The number of amides is 1. The van der Waals surface area contributed by atoms with E-state index in [9.17, 15) is 13.2 Å². The Morgan fingerprint density at radius 1 is 0.966 bits per heavy atom. The Labute approximate surface area is 172 Å². The van der Waals surface area contributed by atoms with Crippen molar-refractivity contribution in [3.05, 3.63) is 54.6 Å². The summed E-state index contributed by atoms with van der Waals surface area (Å²) in [5, 5.41) is 0. The maximum absolute atomic E-state index is 13.0. The fourth-order valence-electron chi connectivity index (χ4n) is 3.38. The van der Waals surface area contributed by atoms with Gasteiger partial charge in [-0.25, -0.2) is 8.42 Å². The minimum absolute atomic E-state index is 0.187. The summed E-state index contributed by atoms with van der Waals surface area (Å²) in [5.41, 5.74) is 0.433. The van der Waals surface area contributed by atoms with Crippen molar-refractivity contribution < 1.29 is 17.9 Å². The lowest BCUT2D eigenvalue weighted by Crippen LogP contribution is -2.54. The van der Waals surface area contributed by atoms with Gasteiger partial charge in [-0.2, -0.15) is 0 Å². The molecule has 1 atom stereocenters. The summed E-state index contributed by atoms with van der Waals surface area (Å²) in [7, 11) is -1.64. The number of para-hydroxylation sites is 1. The van der Waals surface area contributed by atoms with Crippen LogP contribution in [-0.2, 0) is 14.8 Å². The summed E-state index contributed by atoms with van der Waals surface area (Å²) in [6, 6.07) is 15.2. The number of sulfonamides is 1. The molecule has 156 valence electrons. The predicted molar refractivity (Wildman–Crippen MR) is 114 cm³/mol. The number of benzene rings is 2. The summed E-state index contributed by atoms with van der Waals surface area (Å²) in [6.07, 6.45) is 1.12. The van der Waals surface area contributed by atoms with Crippen LogP contribution in [0.3, 0.4) is 0 Å². The van der Waals surface area contributed by atoms with Gasteiger partial charge in [0.05, 0.1) is 11.9 Å². The van der Waals surface area contributed by atoms with Crippen molar-refractivity contribution >= 4 is 21.6 Å². The van der Waals surface area contributed by atoms with Crippen molar-refractivity contribution in [3.8, 4) is 11.5 Å². The molecule has 0 bridgehead atoms. The Hall–Kier alpha value is -2.58. The number of rotatable bonds is 6. The Balaban J connectivity index is 1.79. The normalized spacial score (nSPS) is 16.3. The van der Waals surface area contributed by atoms with Crippen LogP contribution in [0.1, 0.15) is 6.92 Å². The van der Waals surface area contributed by atoms with E-state index in [-0.39, 0.29) is 5.91 Å². The molecule has 1 fully saturated rings. The van der Waals surface area contributed by atoms with Crippen LogP contribution in [0, 0.1) is 0 Å². The van der Waals surface area contributed by atoms with Crippen molar-refractivity contribution in [2.75, 3.05) is 43.8 Å². The maximum Gasteiger partial charge on any atom is 0.246 e. The van der Waals surface area contributed by atoms with Crippen LogP contribution >= 0.6 is 0 Å². The van der Waals surface area contributed by atoms with E-state index in [4.69, 9.17) is 4.74 Å². The first-order chi connectivity index (χ1) is 13.8. The number of anilines is 1. The molecule has 0 aliphatic carbocycles. The van der Waals surface area contributed by atoms with Gasteiger partial charge in [0.25, 0.3) is 0 Å². The van der Waals surface area contributed by atoms with E-state index < -0.39 is 16.1 Å². The molecule has 2 aromatic carbocycles. The van der Waals surface area contributed by atoms with Gasteiger partial charge >= 0.3 is 0 Å². The SMILES string of the molecule is CC(C(=O)N1CCN(C)CC1)N(c1ccc(Oc2ccccc2)cc1)S(C)(=O)=O. The summed E-state index contributed by atoms with van der Waals surface area (Å²) in [5.74, 6) is 1.10. The zero-order valence-corrected chi connectivity index (χ0v) is 17.8. The average Bonchev–Trinajstić information content (AvgIpc) is 2.69. The third-order valence-electron chi connectivity index (χ3n) is 4.95. The van der Waals surface area contributed by atoms with Crippen molar-refractivity contribution in [2.24, 2.45) is 0 Å². The van der Waals surface area contributed by atoms with Gasteiger partial charge in [0, 0.05) is 26.2 Å². The van der Waals surface area contributed by atoms with E-state index in [0.29, 0.717) is 30.3 Å². The number of carbonyl (C=O) groups excluding carboxylic acids is 1. The number of piperazine rings is 1. The van der Waals surface area contributed by atoms with Gasteiger partial charge in [-0.05, 0) is 50.4 Å². The fourth-order valence-corrected chi connectivity index (χ4v) is 4.55. The van der Waals surface area contributed by atoms with Gasteiger partial charge in [0.2, 0.25) is 15.9 Å². The lowest BCUT2D eigenvalue weighted by Gasteiger charge is -2.36. The van der Waals surface area contributed by atoms with Crippen LogP contribution in [-0.4, -0.2) is 69.6 Å². The molecular weight excluding hydrogens is 390 g/mol. The van der Waals surface area contributed by atoms with Gasteiger partial charge in [0.15, 0.2) is 0 Å². The van der Waals surface area contributed by atoms with Crippen molar-refractivity contribution in [1.82, 2.24) is 9.80 Å². The third-order valence-corrected chi connectivity index (χ3v) is 6.19. The second-order valence-corrected chi connectivity index (χ2v) is 9.13. The molecule has 1 amide bonds. The predicted octanol–water partition coefficient (Wildman–Crippen LogP) is 2.41. The fraction of sp³-hybridized carbons (Fsp3) is 0.381. The molecule has 3 rings (SSSR count). The van der Waals surface area contributed by atoms with Crippen molar-refractivity contribution in [3.63, 3.8) is 0 Å². The molecule has 0 radical (unpaired) electrons. The second-order valence-electron chi connectivity index (χ2n) is 7.27. The number of hydrogen-bond acceptors (Lipinski definition) is 5. The first kappa shape index (κ1) is 21.1. The molecule has 0 N–H and O–H groups in total. The molecule has 0 spiro atoms. The summed E-state index contributed by atoms with van der Waals surface area (Å²) in [6.45, 7) is 4.39. The zero-order valence-electron chi connectivity index (χ0n) is 17.0. The molecule has 1 unspecified atom stereocenters. The average molecular weight is 418 g/mol. The largest absolute Gasteiger partial charge is 0.457 e. The minimum atomic E-state index is -3.65. The summed E-state index contributed by atoms with van der Waals surface area (Å²) in [4.78, 5) is 16.8. The highest BCUT2D eigenvalue weighted by molar-refractivity contribution is 7.92. The maximum atomic E-state index is 13.0. The van der Waals surface area contributed by atoms with Gasteiger partial charge < -0.3 is 14.5 Å². The Morgan fingerprint density at radius 2 is 1.52 bits per heavy atom. The molecule has 0 aromatic heterocycles. The third kappa shape index (κ3) is 5.27. The molecule has 1 aliphatic rings. The van der Waals surface area contributed by atoms with Gasteiger partial charge in [-0.15, -0.1) is 0 Å². The number of nitrogens with zero attached hydrogens (tertiary/aromatic N) is 3. The number of likely N-dealkylation sites (N-methyl/N-ethyl adjacent to an activating group) is 1. The second kappa shape index (κ2) is 8.84. The van der Waals surface area contributed by atoms with Crippen LogP contribution in [0.5, 0.6) is 11.5 Å².